The summed E-state index contributed by atoms with van der Waals surface area (Å²) in [5.74, 6) is 6.70. The van der Waals surface area contributed by atoms with Crippen LogP contribution in [-0.2, 0) is 4.79 Å². The Balaban J connectivity index is 1.54. The zero-order valence-corrected chi connectivity index (χ0v) is 16.1. The molecule has 0 atom stereocenters. The van der Waals surface area contributed by atoms with Gasteiger partial charge in [0, 0.05) is 34.5 Å². The van der Waals surface area contributed by atoms with Gasteiger partial charge in [-0.25, -0.2) is 4.98 Å². The molecule has 0 unspecified atom stereocenters. The molecule has 1 N–H and O–H groups in total. The van der Waals surface area contributed by atoms with Gasteiger partial charge in [-0.15, -0.1) is 11.8 Å². The number of rotatable bonds is 5. The van der Waals surface area contributed by atoms with E-state index in [2.05, 4.69) is 22.1 Å². The molecule has 0 radical (unpaired) electrons. The average Bonchev–Trinajstić information content (AvgIpc) is 2.69. The van der Waals surface area contributed by atoms with Crippen LogP contribution in [0.4, 0.5) is 5.69 Å². The van der Waals surface area contributed by atoms with Crippen LogP contribution in [0.15, 0.2) is 77.8 Å². The maximum Gasteiger partial charge on any atom is 0.225 e. The highest BCUT2D eigenvalue weighted by molar-refractivity contribution is 7.99. The van der Waals surface area contributed by atoms with Crippen LogP contribution in [0.1, 0.15) is 17.7 Å². The first kappa shape index (κ1) is 19.0. The zero-order chi connectivity index (χ0) is 18.9. The van der Waals surface area contributed by atoms with Crippen molar-refractivity contribution in [3.63, 3.8) is 0 Å². The number of aromatic nitrogens is 1. The van der Waals surface area contributed by atoms with E-state index in [1.165, 1.54) is 0 Å². The summed E-state index contributed by atoms with van der Waals surface area (Å²) in [6.07, 6.45) is 2.11. The molecule has 1 amide bonds. The third kappa shape index (κ3) is 6.18. The minimum absolute atomic E-state index is 0.0376. The zero-order valence-electron chi connectivity index (χ0n) is 14.5. The number of carbonyl (C=O) groups is 1. The number of benzene rings is 2. The first-order chi connectivity index (χ1) is 13.2. The first-order valence-electron chi connectivity index (χ1n) is 8.41. The smallest absolute Gasteiger partial charge is 0.225 e. The molecule has 0 aliphatic heterocycles. The molecule has 0 saturated carbocycles. The van der Waals surface area contributed by atoms with E-state index in [4.69, 9.17) is 11.6 Å². The van der Waals surface area contributed by atoms with E-state index >= 15 is 0 Å². The summed E-state index contributed by atoms with van der Waals surface area (Å²) in [6, 6.07) is 20.7. The van der Waals surface area contributed by atoms with Gasteiger partial charge in [-0.3, -0.25) is 4.79 Å². The number of halogens is 1. The van der Waals surface area contributed by atoms with Crippen molar-refractivity contribution < 1.29 is 4.79 Å². The summed E-state index contributed by atoms with van der Waals surface area (Å²) in [5, 5.41) is 3.62. The fourth-order valence-electron chi connectivity index (χ4n) is 2.29. The maximum atomic E-state index is 12.2. The number of thioether (sulfide) groups is 1. The van der Waals surface area contributed by atoms with Gasteiger partial charge in [0.2, 0.25) is 5.91 Å². The normalized spacial score (nSPS) is 9.96. The van der Waals surface area contributed by atoms with Crippen LogP contribution < -0.4 is 5.32 Å². The van der Waals surface area contributed by atoms with Gasteiger partial charge in [0.05, 0.1) is 5.02 Å². The average molecular weight is 393 g/mol. The van der Waals surface area contributed by atoms with Crippen LogP contribution in [-0.4, -0.2) is 16.6 Å². The predicted octanol–water partition coefficient (Wildman–Crippen LogP) is 5.26. The van der Waals surface area contributed by atoms with Crippen molar-refractivity contribution in [3.8, 4) is 11.8 Å². The SMILES string of the molecule is O=C(CCSc1ccccc1Cl)Nc1cccc(C#Cc2ccccn2)c1. The molecule has 134 valence electrons. The van der Waals surface area contributed by atoms with Gasteiger partial charge in [-0.1, -0.05) is 41.8 Å². The molecule has 0 aliphatic rings. The molecule has 3 rings (SSSR count). The molecule has 2 aromatic carbocycles. The fourth-order valence-corrected chi connectivity index (χ4v) is 3.47. The van der Waals surface area contributed by atoms with Crippen LogP contribution in [0.2, 0.25) is 5.02 Å². The lowest BCUT2D eigenvalue weighted by Crippen LogP contribution is -2.12. The monoisotopic (exact) mass is 392 g/mol. The van der Waals surface area contributed by atoms with Crippen LogP contribution >= 0.6 is 23.4 Å². The molecule has 0 aliphatic carbocycles. The van der Waals surface area contributed by atoms with Gasteiger partial charge < -0.3 is 5.32 Å². The van der Waals surface area contributed by atoms with Crippen molar-refractivity contribution in [3.05, 3.63) is 89.2 Å². The number of hydrogen-bond acceptors (Lipinski definition) is 3. The first-order valence-corrected chi connectivity index (χ1v) is 9.77. The van der Waals surface area contributed by atoms with E-state index in [0.717, 1.165) is 16.1 Å². The number of anilines is 1. The molecule has 5 heteroatoms. The summed E-state index contributed by atoms with van der Waals surface area (Å²) >= 11 is 7.69. The molecule has 0 fully saturated rings. The number of carbonyl (C=O) groups excluding carboxylic acids is 1. The van der Waals surface area contributed by atoms with Gasteiger partial charge in [-0.05, 0) is 48.4 Å². The van der Waals surface area contributed by atoms with Gasteiger partial charge in [-0.2, -0.15) is 0 Å². The van der Waals surface area contributed by atoms with Crippen LogP contribution in [0, 0.1) is 11.8 Å². The lowest BCUT2D eigenvalue weighted by Gasteiger charge is -2.06. The number of pyridine rings is 1. The Hall–Kier alpha value is -2.74. The molecule has 27 heavy (non-hydrogen) atoms. The van der Waals surface area contributed by atoms with Crippen LogP contribution in [0.25, 0.3) is 0 Å². The Morgan fingerprint density at radius 1 is 1.04 bits per heavy atom. The van der Waals surface area contributed by atoms with Crippen LogP contribution in [0.5, 0.6) is 0 Å². The largest absolute Gasteiger partial charge is 0.326 e. The van der Waals surface area contributed by atoms with E-state index in [1.807, 2.05) is 66.7 Å². The van der Waals surface area contributed by atoms with Gasteiger partial charge in [0.15, 0.2) is 0 Å². The minimum Gasteiger partial charge on any atom is -0.326 e. The van der Waals surface area contributed by atoms with Crippen molar-refractivity contribution in [2.24, 2.45) is 0 Å². The molecule has 3 aromatic rings. The van der Waals surface area contributed by atoms with E-state index in [0.29, 0.717) is 22.9 Å². The maximum absolute atomic E-state index is 12.2. The molecule has 1 aromatic heterocycles. The minimum atomic E-state index is -0.0376. The Bertz CT molecular complexity index is 980. The van der Waals surface area contributed by atoms with E-state index < -0.39 is 0 Å². The topological polar surface area (TPSA) is 42.0 Å². The highest BCUT2D eigenvalue weighted by Crippen LogP contribution is 2.27. The third-order valence-corrected chi connectivity index (χ3v) is 5.09. The molecule has 0 saturated heterocycles. The van der Waals surface area contributed by atoms with Gasteiger partial charge in [0.1, 0.15) is 5.69 Å². The summed E-state index contributed by atoms with van der Waals surface area (Å²) in [6.45, 7) is 0. The molecule has 0 bridgehead atoms. The Labute approximate surface area is 168 Å². The van der Waals surface area contributed by atoms with Crippen molar-refractivity contribution in [2.75, 3.05) is 11.1 Å². The van der Waals surface area contributed by atoms with Crippen molar-refractivity contribution >= 4 is 35.0 Å². The summed E-state index contributed by atoms with van der Waals surface area (Å²) < 4.78 is 0. The van der Waals surface area contributed by atoms with Crippen LogP contribution in [0.3, 0.4) is 0 Å². The molecule has 3 nitrogen and oxygen atoms in total. The molecule has 0 spiro atoms. The lowest BCUT2D eigenvalue weighted by atomic mass is 10.2. The number of nitrogens with zero attached hydrogens (tertiary/aromatic N) is 1. The quantitative estimate of drug-likeness (QED) is 0.476. The van der Waals surface area contributed by atoms with Crippen molar-refractivity contribution in [1.29, 1.82) is 0 Å². The molecule has 1 heterocycles. The second-order valence-electron chi connectivity index (χ2n) is 5.62. The Morgan fingerprint density at radius 3 is 2.70 bits per heavy atom. The second-order valence-corrected chi connectivity index (χ2v) is 7.17. The van der Waals surface area contributed by atoms with Crippen molar-refractivity contribution in [2.45, 2.75) is 11.3 Å². The summed E-state index contributed by atoms with van der Waals surface area (Å²) in [5.41, 5.74) is 2.27. The third-order valence-electron chi connectivity index (χ3n) is 3.57. The molecular weight excluding hydrogens is 376 g/mol. The van der Waals surface area contributed by atoms with E-state index in [1.54, 1.807) is 18.0 Å². The second kappa shape index (κ2) is 9.82. The standard InChI is InChI=1S/C22H17ClN2OS/c23-20-9-1-2-10-21(20)27-15-13-22(26)25-19-8-5-6-17(16-19)11-12-18-7-3-4-14-24-18/h1-10,14,16H,13,15H2,(H,25,26). The predicted molar refractivity (Wildman–Crippen MR) is 112 cm³/mol. The lowest BCUT2D eigenvalue weighted by molar-refractivity contribution is -0.115. The van der Waals surface area contributed by atoms with E-state index in [9.17, 15) is 4.79 Å². The highest BCUT2D eigenvalue weighted by atomic mass is 35.5. The fraction of sp³-hybridized carbons (Fsp3) is 0.0909. The van der Waals surface area contributed by atoms with E-state index in [-0.39, 0.29) is 5.91 Å². The highest BCUT2D eigenvalue weighted by Gasteiger charge is 2.05. The van der Waals surface area contributed by atoms with Gasteiger partial charge in [0.25, 0.3) is 0 Å². The summed E-state index contributed by atoms with van der Waals surface area (Å²) in [7, 11) is 0. The van der Waals surface area contributed by atoms with Crippen molar-refractivity contribution in [1.82, 2.24) is 4.98 Å². The van der Waals surface area contributed by atoms with Gasteiger partial charge >= 0.3 is 0 Å². The number of nitrogens with one attached hydrogen (secondary N) is 1. The number of amides is 1. The number of hydrogen-bond donors (Lipinski definition) is 1. The molecular formula is C22H17ClN2OS. The Morgan fingerprint density at radius 2 is 1.89 bits per heavy atom. The summed E-state index contributed by atoms with van der Waals surface area (Å²) in [4.78, 5) is 17.3. The Kier molecular flexibility index (Phi) is 6.92.